The molecule has 0 amide bonds. The number of ether oxygens (including phenoxy) is 2. The summed E-state index contributed by atoms with van der Waals surface area (Å²) >= 11 is 12.1. The maximum Gasteiger partial charge on any atom is 0.242 e. The molecule has 0 unspecified atom stereocenters. The molecule has 0 bridgehead atoms. The Morgan fingerprint density at radius 2 is 1.45 bits per heavy atom. The number of aliphatic hydroxyl groups excluding tert-OH is 6. The first-order valence-electron chi connectivity index (χ1n) is 15.7. The highest BCUT2D eigenvalue weighted by Gasteiger charge is 2.44. The van der Waals surface area contributed by atoms with Crippen molar-refractivity contribution in [2.75, 3.05) is 13.2 Å². The summed E-state index contributed by atoms with van der Waals surface area (Å²) in [7, 11) is -4.39. The number of unbranched alkanes of at least 4 members (excludes halogenated alkanes) is 11. The molecule has 0 saturated carbocycles. The zero-order chi connectivity index (χ0) is 32.7. The number of aliphatic hydroxyl groups is 6. The Balaban J connectivity index is 1.97. The van der Waals surface area contributed by atoms with Gasteiger partial charge in [0, 0.05) is 5.02 Å². The molecule has 1 aromatic carbocycles. The SMILES string of the molecule is CCCCCCCCCCCCCC[C@@H](O)[C@@H](O)[C@@H](CO[C@H]1O[C@H](CO)[C@H](O)[C@H](O)[C@H]1O)NS(=O)(=O)c1cc(Cl)ccc1Cl. The Labute approximate surface area is 271 Å². The highest BCUT2D eigenvalue weighted by Crippen LogP contribution is 2.27. The van der Waals surface area contributed by atoms with E-state index in [1.54, 1.807) is 0 Å². The molecule has 1 heterocycles. The molecule has 8 atom stereocenters. The van der Waals surface area contributed by atoms with E-state index in [2.05, 4.69) is 11.6 Å². The minimum atomic E-state index is -4.39. The van der Waals surface area contributed by atoms with E-state index in [0.717, 1.165) is 31.7 Å². The molecule has 0 aliphatic carbocycles. The van der Waals surface area contributed by atoms with Crippen LogP contribution < -0.4 is 4.72 Å². The van der Waals surface area contributed by atoms with Crippen molar-refractivity contribution in [3.8, 4) is 0 Å². The van der Waals surface area contributed by atoms with Gasteiger partial charge >= 0.3 is 0 Å². The number of hydrogen-bond donors (Lipinski definition) is 7. The van der Waals surface area contributed by atoms with Gasteiger partial charge in [-0.05, 0) is 24.6 Å². The van der Waals surface area contributed by atoms with Crippen molar-refractivity contribution < 1.29 is 48.5 Å². The van der Waals surface area contributed by atoms with E-state index >= 15 is 0 Å². The van der Waals surface area contributed by atoms with Gasteiger partial charge < -0.3 is 40.1 Å². The third-order valence-electron chi connectivity index (χ3n) is 7.94. The zero-order valence-corrected chi connectivity index (χ0v) is 27.8. The van der Waals surface area contributed by atoms with Crippen molar-refractivity contribution >= 4 is 33.2 Å². The molecule has 14 heteroatoms. The highest BCUT2D eigenvalue weighted by molar-refractivity contribution is 7.89. The van der Waals surface area contributed by atoms with Crippen LogP contribution in [0.4, 0.5) is 0 Å². The van der Waals surface area contributed by atoms with Crippen LogP contribution in [0.5, 0.6) is 0 Å². The molecule has 0 spiro atoms. The summed E-state index contributed by atoms with van der Waals surface area (Å²) in [5.41, 5.74) is 0. The summed E-state index contributed by atoms with van der Waals surface area (Å²) in [6.07, 6.45) is 2.92. The summed E-state index contributed by atoms with van der Waals surface area (Å²) in [6, 6.07) is 2.40. The van der Waals surface area contributed by atoms with E-state index in [9.17, 15) is 39.1 Å². The summed E-state index contributed by atoms with van der Waals surface area (Å²) in [5, 5.41) is 61.6. The number of benzene rings is 1. The van der Waals surface area contributed by atoms with Crippen LogP contribution in [0.15, 0.2) is 23.1 Å². The Bertz CT molecular complexity index is 1050. The van der Waals surface area contributed by atoms with Crippen molar-refractivity contribution in [3.05, 3.63) is 28.2 Å². The van der Waals surface area contributed by atoms with Gasteiger partial charge in [-0.15, -0.1) is 0 Å². The Hall–Kier alpha value is -0.610. The molecular formula is C30H51Cl2NO10S. The average Bonchev–Trinajstić information content (AvgIpc) is 3.00. The third kappa shape index (κ3) is 12.9. The lowest BCUT2D eigenvalue weighted by Gasteiger charge is -2.40. The van der Waals surface area contributed by atoms with Gasteiger partial charge in [0.05, 0.1) is 36.5 Å². The van der Waals surface area contributed by atoms with Crippen LogP contribution in [0, 0.1) is 0 Å². The number of hydrogen-bond acceptors (Lipinski definition) is 10. The van der Waals surface area contributed by atoms with Gasteiger partial charge in [0.15, 0.2) is 6.29 Å². The maximum absolute atomic E-state index is 13.2. The Kier molecular flexibility index (Phi) is 18.5. The van der Waals surface area contributed by atoms with E-state index in [4.69, 9.17) is 32.7 Å². The predicted octanol–water partition coefficient (Wildman–Crippen LogP) is 3.27. The molecule has 1 aliphatic rings. The molecular weight excluding hydrogens is 637 g/mol. The van der Waals surface area contributed by atoms with E-state index in [1.807, 2.05) is 0 Å². The number of halogens is 2. The van der Waals surface area contributed by atoms with E-state index in [0.29, 0.717) is 6.42 Å². The van der Waals surface area contributed by atoms with Gasteiger partial charge in [0.2, 0.25) is 10.0 Å². The fourth-order valence-electron chi connectivity index (χ4n) is 5.19. The van der Waals surface area contributed by atoms with Crippen LogP contribution in [-0.4, -0.2) is 101 Å². The monoisotopic (exact) mass is 687 g/mol. The molecule has 0 radical (unpaired) electrons. The molecule has 1 fully saturated rings. The minimum Gasteiger partial charge on any atom is -0.394 e. The van der Waals surface area contributed by atoms with Gasteiger partial charge in [-0.3, -0.25) is 0 Å². The Morgan fingerprint density at radius 1 is 0.886 bits per heavy atom. The lowest BCUT2D eigenvalue weighted by molar-refractivity contribution is -0.303. The number of nitrogens with one attached hydrogen (secondary N) is 1. The van der Waals surface area contributed by atoms with E-state index in [-0.39, 0.29) is 21.4 Å². The molecule has 1 saturated heterocycles. The van der Waals surface area contributed by atoms with Crippen molar-refractivity contribution in [1.29, 1.82) is 0 Å². The van der Waals surface area contributed by atoms with Gasteiger partial charge in [0.25, 0.3) is 0 Å². The number of sulfonamides is 1. The van der Waals surface area contributed by atoms with Crippen LogP contribution in [-0.2, 0) is 19.5 Å². The molecule has 256 valence electrons. The first-order valence-corrected chi connectivity index (χ1v) is 17.9. The first kappa shape index (κ1) is 39.6. The van der Waals surface area contributed by atoms with Crippen LogP contribution in [0.25, 0.3) is 0 Å². The second kappa shape index (κ2) is 20.6. The van der Waals surface area contributed by atoms with Gasteiger partial charge in [-0.2, -0.15) is 0 Å². The summed E-state index contributed by atoms with van der Waals surface area (Å²) in [6.45, 7) is 0.909. The fraction of sp³-hybridized carbons (Fsp3) is 0.800. The second-order valence-corrected chi connectivity index (χ2v) is 14.1. The molecule has 0 aromatic heterocycles. The normalized spacial score (nSPS) is 24.7. The molecule has 2 rings (SSSR count). The van der Waals surface area contributed by atoms with E-state index < -0.39 is 72.2 Å². The predicted molar refractivity (Wildman–Crippen MR) is 168 cm³/mol. The molecule has 44 heavy (non-hydrogen) atoms. The summed E-state index contributed by atoms with van der Waals surface area (Å²) in [5.74, 6) is 0. The van der Waals surface area contributed by atoms with Gasteiger partial charge in [0.1, 0.15) is 29.3 Å². The maximum atomic E-state index is 13.2. The van der Waals surface area contributed by atoms with Crippen molar-refractivity contribution in [3.63, 3.8) is 0 Å². The first-order chi connectivity index (χ1) is 20.9. The van der Waals surface area contributed by atoms with E-state index in [1.165, 1.54) is 57.1 Å². The van der Waals surface area contributed by atoms with Crippen molar-refractivity contribution in [2.24, 2.45) is 0 Å². The van der Waals surface area contributed by atoms with Crippen molar-refractivity contribution in [1.82, 2.24) is 4.72 Å². The third-order valence-corrected chi connectivity index (χ3v) is 10.1. The molecule has 1 aliphatic heterocycles. The lowest BCUT2D eigenvalue weighted by atomic mass is 9.99. The fourth-order valence-corrected chi connectivity index (χ4v) is 7.18. The standard InChI is InChI=1S/C30H51Cl2NO10S/c1-2-3-4-5-6-7-8-9-10-11-12-13-14-23(35)26(36)22(33-44(40,41)25-17-20(31)15-16-21(25)32)19-42-30-29(39)28(38)27(37)24(18-34)43-30/h15-17,22-24,26-30,33-39H,2-14,18-19H2,1H3/t22-,23-,24-,26+,27+,28+,29-,30+/m1/s1. The van der Waals surface area contributed by atoms with Crippen LogP contribution in [0.1, 0.15) is 90.4 Å². The Morgan fingerprint density at radius 3 is 2.02 bits per heavy atom. The molecule has 1 aromatic rings. The van der Waals surface area contributed by atoms with Crippen molar-refractivity contribution in [2.45, 2.75) is 144 Å². The molecule has 7 N–H and O–H groups in total. The quantitative estimate of drug-likeness (QED) is 0.0892. The topological polar surface area (TPSA) is 186 Å². The largest absolute Gasteiger partial charge is 0.394 e. The second-order valence-electron chi connectivity index (χ2n) is 11.6. The summed E-state index contributed by atoms with van der Waals surface area (Å²) in [4.78, 5) is -0.354. The minimum absolute atomic E-state index is 0.108. The smallest absolute Gasteiger partial charge is 0.242 e. The van der Waals surface area contributed by atoms with Crippen LogP contribution in [0.2, 0.25) is 10.0 Å². The summed E-state index contributed by atoms with van der Waals surface area (Å²) < 4.78 is 39.6. The highest BCUT2D eigenvalue weighted by atomic mass is 35.5. The van der Waals surface area contributed by atoms with Crippen LogP contribution in [0.3, 0.4) is 0 Å². The molecule has 11 nitrogen and oxygen atoms in total. The average molecular weight is 689 g/mol. The number of rotatable bonds is 22. The zero-order valence-electron chi connectivity index (χ0n) is 25.4. The lowest BCUT2D eigenvalue weighted by Crippen LogP contribution is -2.60. The van der Waals surface area contributed by atoms with Gasteiger partial charge in [-0.25, -0.2) is 13.1 Å². The van der Waals surface area contributed by atoms with Crippen LogP contribution >= 0.6 is 23.2 Å². The van der Waals surface area contributed by atoms with Gasteiger partial charge in [-0.1, -0.05) is 107 Å².